The summed E-state index contributed by atoms with van der Waals surface area (Å²) in [6.07, 6.45) is 0. The number of urea groups is 1. The number of piperazine rings is 1. The van der Waals surface area contributed by atoms with E-state index in [0.29, 0.717) is 37.9 Å². The number of rotatable bonds is 8. The van der Waals surface area contributed by atoms with E-state index in [0.717, 1.165) is 0 Å². The molecule has 1 heterocycles. The van der Waals surface area contributed by atoms with Crippen molar-refractivity contribution >= 4 is 22.0 Å². The van der Waals surface area contributed by atoms with Crippen LogP contribution in [-0.4, -0.2) is 75.4 Å². The van der Waals surface area contributed by atoms with E-state index in [2.05, 4.69) is 10.6 Å². The first-order valence-corrected chi connectivity index (χ1v) is 11.2. The Bertz CT molecular complexity index is 787. The lowest BCUT2D eigenvalue weighted by molar-refractivity contribution is -0.121. The maximum Gasteiger partial charge on any atom is 0.321 e. The van der Waals surface area contributed by atoms with Gasteiger partial charge in [0.1, 0.15) is 5.75 Å². The summed E-state index contributed by atoms with van der Waals surface area (Å²) in [6.45, 7) is 8.22. The van der Waals surface area contributed by atoms with E-state index in [9.17, 15) is 18.0 Å². The van der Waals surface area contributed by atoms with Crippen LogP contribution < -0.4 is 15.4 Å². The van der Waals surface area contributed by atoms with Gasteiger partial charge in [-0.05, 0) is 37.1 Å². The fourth-order valence-electron chi connectivity index (χ4n) is 2.86. The molecule has 1 aliphatic rings. The van der Waals surface area contributed by atoms with Crippen molar-refractivity contribution in [3.63, 3.8) is 0 Å². The van der Waals surface area contributed by atoms with E-state index in [1.165, 1.54) is 16.4 Å². The molecule has 0 aromatic heterocycles. The highest BCUT2D eigenvalue weighted by molar-refractivity contribution is 7.89. The van der Waals surface area contributed by atoms with E-state index >= 15 is 0 Å². The highest BCUT2D eigenvalue weighted by Crippen LogP contribution is 2.20. The molecule has 2 rings (SSSR count). The number of carbonyl (C=O) groups excluding carboxylic acids is 2. The van der Waals surface area contributed by atoms with Gasteiger partial charge in [0.15, 0.2) is 0 Å². The van der Waals surface area contributed by atoms with Crippen LogP contribution in [0.15, 0.2) is 29.2 Å². The number of amides is 3. The first-order valence-electron chi connectivity index (χ1n) is 9.75. The third-order valence-corrected chi connectivity index (χ3v) is 6.31. The molecule has 1 aromatic carbocycles. The molecule has 1 saturated heterocycles. The molecule has 0 spiro atoms. The summed E-state index contributed by atoms with van der Waals surface area (Å²) in [6, 6.07) is 5.84. The molecule has 29 heavy (non-hydrogen) atoms. The summed E-state index contributed by atoms with van der Waals surface area (Å²) in [5.41, 5.74) is 0. The van der Waals surface area contributed by atoms with Gasteiger partial charge in [0.25, 0.3) is 0 Å². The lowest BCUT2D eigenvalue weighted by atomic mass is 10.2. The first kappa shape index (κ1) is 23.1. The largest absolute Gasteiger partial charge is 0.494 e. The van der Waals surface area contributed by atoms with E-state index in [1.807, 2.05) is 25.7 Å². The maximum absolute atomic E-state index is 12.8. The van der Waals surface area contributed by atoms with E-state index in [-0.39, 0.29) is 24.5 Å². The van der Waals surface area contributed by atoms with E-state index in [4.69, 9.17) is 4.74 Å². The fourth-order valence-corrected chi connectivity index (χ4v) is 4.28. The monoisotopic (exact) mass is 426 g/mol. The average Bonchev–Trinajstić information content (AvgIpc) is 2.67. The Balaban J connectivity index is 1.83. The van der Waals surface area contributed by atoms with Crippen molar-refractivity contribution in [1.29, 1.82) is 0 Å². The van der Waals surface area contributed by atoms with Crippen LogP contribution in [0.2, 0.25) is 0 Å². The molecule has 0 aliphatic carbocycles. The molecular formula is C19H30N4O5S. The minimum Gasteiger partial charge on any atom is -0.494 e. The van der Waals surface area contributed by atoms with Crippen molar-refractivity contribution in [3.05, 3.63) is 24.3 Å². The van der Waals surface area contributed by atoms with Gasteiger partial charge >= 0.3 is 6.03 Å². The highest BCUT2D eigenvalue weighted by atomic mass is 32.2. The zero-order chi connectivity index (χ0) is 21.4. The standard InChI is InChI=1S/C19H30N4O5S/c1-4-28-16-5-7-17(8-6-16)29(26,27)23-11-9-22(10-12-23)14-18(24)21-19(25)20-13-15(2)3/h5-8,15H,4,9-14H2,1-3H3,(H2,20,21,24,25). The summed E-state index contributed by atoms with van der Waals surface area (Å²) in [5, 5.41) is 4.91. The maximum atomic E-state index is 12.8. The zero-order valence-electron chi connectivity index (χ0n) is 17.2. The van der Waals surface area contributed by atoms with Crippen LogP contribution in [-0.2, 0) is 14.8 Å². The molecule has 0 bridgehead atoms. The third-order valence-electron chi connectivity index (χ3n) is 4.39. The molecule has 1 fully saturated rings. The number of nitrogens with one attached hydrogen (secondary N) is 2. The number of hydrogen-bond donors (Lipinski definition) is 2. The predicted molar refractivity (Wildman–Crippen MR) is 109 cm³/mol. The van der Waals surface area contributed by atoms with Gasteiger partial charge in [-0.1, -0.05) is 13.8 Å². The molecule has 162 valence electrons. The van der Waals surface area contributed by atoms with Crippen LogP contribution in [0.5, 0.6) is 5.75 Å². The van der Waals surface area contributed by atoms with Gasteiger partial charge in [0.05, 0.1) is 18.0 Å². The van der Waals surface area contributed by atoms with Gasteiger partial charge in [-0.15, -0.1) is 0 Å². The minimum atomic E-state index is -3.59. The van der Waals surface area contributed by atoms with Crippen LogP contribution in [0.3, 0.4) is 0 Å². The smallest absolute Gasteiger partial charge is 0.321 e. The van der Waals surface area contributed by atoms with Gasteiger partial charge in [-0.25, -0.2) is 13.2 Å². The molecule has 0 unspecified atom stereocenters. The zero-order valence-corrected chi connectivity index (χ0v) is 18.0. The summed E-state index contributed by atoms with van der Waals surface area (Å²) < 4.78 is 32.3. The second-order valence-corrected chi connectivity index (χ2v) is 9.17. The summed E-state index contributed by atoms with van der Waals surface area (Å²) in [4.78, 5) is 25.7. The quantitative estimate of drug-likeness (QED) is 0.639. The van der Waals surface area contributed by atoms with Crippen molar-refractivity contribution in [2.45, 2.75) is 25.7 Å². The Morgan fingerprint density at radius 1 is 1.10 bits per heavy atom. The third kappa shape index (κ3) is 6.98. The number of imide groups is 1. The Morgan fingerprint density at radius 3 is 2.28 bits per heavy atom. The average molecular weight is 427 g/mol. The second kappa shape index (κ2) is 10.6. The van der Waals surface area contributed by atoms with Crippen molar-refractivity contribution in [2.24, 2.45) is 5.92 Å². The molecule has 2 N–H and O–H groups in total. The van der Waals surface area contributed by atoms with Gasteiger partial charge in [-0.3, -0.25) is 15.0 Å². The van der Waals surface area contributed by atoms with Crippen LogP contribution in [0, 0.1) is 5.92 Å². The van der Waals surface area contributed by atoms with E-state index in [1.54, 1.807) is 12.1 Å². The summed E-state index contributed by atoms with van der Waals surface area (Å²) in [7, 11) is -3.59. The molecule has 0 atom stereocenters. The van der Waals surface area contributed by atoms with Gasteiger partial charge in [0.2, 0.25) is 15.9 Å². The second-order valence-electron chi connectivity index (χ2n) is 7.24. The summed E-state index contributed by atoms with van der Waals surface area (Å²) >= 11 is 0. The molecule has 1 aliphatic heterocycles. The summed E-state index contributed by atoms with van der Waals surface area (Å²) in [5.74, 6) is 0.509. The lowest BCUT2D eigenvalue weighted by Gasteiger charge is -2.33. The van der Waals surface area contributed by atoms with Crippen molar-refractivity contribution in [1.82, 2.24) is 19.8 Å². The lowest BCUT2D eigenvalue weighted by Crippen LogP contribution is -2.52. The number of nitrogens with zero attached hydrogens (tertiary/aromatic N) is 2. The fraction of sp³-hybridized carbons (Fsp3) is 0.579. The molecular weight excluding hydrogens is 396 g/mol. The number of hydrogen-bond acceptors (Lipinski definition) is 6. The molecule has 0 radical (unpaired) electrons. The SMILES string of the molecule is CCOc1ccc(S(=O)(=O)N2CCN(CC(=O)NC(=O)NCC(C)C)CC2)cc1. The highest BCUT2D eigenvalue weighted by Gasteiger charge is 2.29. The number of carbonyl (C=O) groups is 2. The minimum absolute atomic E-state index is 0.0477. The van der Waals surface area contributed by atoms with Gasteiger partial charge in [-0.2, -0.15) is 4.31 Å². The van der Waals surface area contributed by atoms with Crippen LogP contribution >= 0.6 is 0 Å². The Hall–Kier alpha value is -2.17. The molecule has 1 aromatic rings. The first-order chi connectivity index (χ1) is 13.7. The van der Waals surface area contributed by atoms with Gasteiger partial charge < -0.3 is 10.1 Å². The Morgan fingerprint density at radius 2 is 1.72 bits per heavy atom. The normalized spacial score (nSPS) is 15.9. The number of ether oxygens (including phenoxy) is 1. The molecule has 0 saturated carbocycles. The molecule has 3 amide bonds. The van der Waals surface area contributed by atoms with Crippen molar-refractivity contribution < 1.29 is 22.7 Å². The van der Waals surface area contributed by atoms with Crippen molar-refractivity contribution in [2.75, 3.05) is 45.9 Å². The number of benzene rings is 1. The van der Waals surface area contributed by atoms with Crippen LogP contribution in [0.1, 0.15) is 20.8 Å². The Kier molecular flexibility index (Phi) is 8.42. The predicted octanol–water partition coefficient (Wildman–Crippen LogP) is 0.873. The molecule has 9 nitrogen and oxygen atoms in total. The van der Waals surface area contributed by atoms with Crippen LogP contribution in [0.25, 0.3) is 0 Å². The van der Waals surface area contributed by atoms with E-state index < -0.39 is 22.0 Å². The van der Waals surface area contributed by atoms with Crippen molar-refractivity contribution in [3.8, 4) is 5.75 Å². The van der Waals surface area contributed by atoms with Gasteiger partial charge in [0, 0.05) is 32.7 Å². The molecule has 10 heteroatoms. The van der Waals surface area contributed by atoms with Crippen LogP contribution in [0.4, 0.5) is 4.79 Å². The Labute approximate surface area is 172 Å². The topological polar surface area (TPSA) is 108 Å². The number of sulfonamides is 1.